The molecule has 1 aliphatic rings. The second-order valence-electron chi connectivity index (χ2n) is 6.37. The van der Waals surface area contributed by atoms with Gasteiger partial charge in [-0.05, 0) is 36.8 Å². The van der Waals surface area contributed by atoms with Gasteiger partial charge >= 0.3 is 5.97 Å². The minimum Gasteiger partial charge on any atom is -0.480 e. The fourth-order valence-electron chi connectivity index (χ4n) is 2.78. The van der Waals surface area contributed by atoms with Gasteiger partial charge in [-0.1, -0.05) is 24.3 Å². The van der Waals surface area contributed by atoms with E-state index in [2.05, 4.69) is 5.10 Å². The van der Waals surface area contributed by atoms with Crippen LogP contribution in [0.15, 0.2) is 30.5 Å². The van der Waals surface area contributed by atoms with Gasteiger partial charge in [0.15, 0.2) is 0 Å². The van der Waals surface area contributed by atoms with E-state index in [4.69, 9.17) is 15.6 Å². The van der Waals surface area contributed by atoms with Crippen LogP contribution in [0.5, 0.6) is 0 Å². The summed E-state index contributed by atoms with van der Waals surface area (Å²) in [6, 6.07) is 6.92. The molecule has 3 rings (SSSR count). The molecule has 1 heterocycles. The van der Waals surface area contributed by atoms with Gasteiger partial charge in [0, 0.05) is 18.8 Å². The zero-order valence-electron chi connectivity index (χ0n) is 13.8. The average Bonchev–Trinajstić information content (AvgIpc) is 2.87. The third kappa shape index (κ3) is 3.83. The van der Waals surface area contributed by atoms with Gasteiger partial charge in [-0.15, -0.1) is 0 Å². The number of aromatic nitrogens is 2. The Morgan fingerprint density at radius 3 is 2.71 bits per heavy atom. The van der Waals surface area contributed by atoms with Crippen molar-refractivity contribution in [3.63, 3.8) is 0 Å². The van der Waals surface area contributed by atoms with Crippen LogP contribution in [0.3, 0.4) is 0 Å². The van der Waals surface area contributed by atoms with Crippen LogP contribution in [0.4, 0.5) is 0 Å². The van der Waals surface area contributed by atoms with Crippen LogP contribution in [0.25, 0.3) is 11.1 Å². The zero-order valence-corrected chi connectivity index (χ0v) is 13.8. The third-order valence-electron chi connectivity index (χ3n) is 4.45. The molecule has 1 fully saturated rings. The standard InChI is InChI=1S/C18H23N3O3/c1-21-10-15(17(20-21)11-24-14-3-2-4-14)13-7-5-12(6-8-13)9-16(19)18(22)23/h5-8,10,14,16H,2-4,9,11,19H2,1H3,(H,22,23)/t16-/m0/s1. The lowest BCUT2D eigenvalue weighted by atomic mass is 9.96. The lowest BCUT2D eigenvalue weighted by Gasteiger charge is -2.25. The molecule has 24 heavy (non-hydrogen) atoms. The highest BCUT2D eigenvalue weighted by Crippen LogP contribution is 2.27. The Morgan fingerprint density at radius 1 is 1.42 bits per heavy atom. The summed E-state index contributed by atoms with van der Waals surface area (Å²) in [5, 5.41) is 13.4. The second-order valence-corrected chi connectivity index (χ2v) is 6.37. The predicted octanol–water partition coefficient (Wildman–Crippen LogP) is 2.11. The Labute approximate surface area is 141 Å². The molecule has 1 saturated carbocycles. The van der Waals surface area contributed by atoms with Crippen LogP contribution in [0.2, 0.25) is 0 Å². The molecule has 6 heteroatoms. The van der Waals surface area contributed by atoms with Gasteiger partial charge in [0.1, 0.15) is 6.04 Å². The SMILES string of the molecule is Cn1cc(-c2ccc(C[C@H](N)C(=O)O)cc2)c(COC2CCC2)n1. The molecule has 6 nitrogen and oxygen atoms in total. The number of benzene rings is 1. The maximum absolute atomic E-state index is 10.8. The minimum absolute atomic E-state index is 0.320. The normalized spacial score (nSPS) is 15.9. The second kappa shape index (κ2) is 7.15. The Hall–Kier alpha value is -2.18. The van der Waals surface area contributed by atoms with Crippen LogP contribution >= 0.6 is 0 Å². The molecule has 1 aliphatic carbocycles. The number of hydrogen-bond acceptors (Lipinski definition) is 4. The van der Waals surface area contributed by atoms with E-state index in [1.807, 2.05) is 37.5 Å². The largest absolute Gasteiger partial charge is 0.480 e. The smallest absolute Gasteiger partial charge is 0.320 e. The molecule has 0 unspecified atom stereocenters. The highest BCUT2D eigenvalue weighted by molar-refractivity contribution is 5.73. The number of carboxylic acid groups (broad SMARTS) is 1. The summed E-state index contributed by atoms with van der Waals surface area (Å²) in [6.07, 6.45) is 6.21. The predicted molar refractivity (Wildman–Crippen MR) is 90.4 cm³/mol. The number of aryl methyl sites for hydroxylation is 1. The number of nitrogens with zero attached hydrogens (tertiary/aromatic N) is 2. The molecular formula is C18H23N3O3. The maximum Gasteiger partial charge on any atom is 0.320 e. The van der Waals surface area contributed by atoms with E-state index < -0.39 is 12.0 Å². The topological polar surface area (TPSA) is 90.4 Å². The number of hydrogen-bond donors (Lipinski definition) is 2. The van der Waals surface area contributed by atoms with E-state index in [1.165, 1.54) is 6.42 Å². The van der Waals surface area contributed by atoms with Gasteiger partial charge in [0.2, 0.25) is 0 Å². The molecule has 0 saturated heterocycles. The number of carboxylic acids is 1. The van der Waals surface area contributed by atoms with E-state index in [-0.39, 0.29) is 0 Å². The lowest BCUT2D eigenvalue weighted by molar-refractivity contribution is -0.138. The number of ether oxygens (including phenoxy) is 1. The first-order chi connectivity index (χ1) is 11.5. The van der Waals surface area contributed by atoms with Gasteiger partial charge in [0.05, 0.1) is 18.4 Å². The number of nitrogens with two attached hydrogens (primary N) is 1. The number of rotatable bonds is 7. The molecule has 1 aromatic carbocycles. The Balaban J connectivity index is 1.72. The van der Waals surface area contributed by atoms with Crippen LogP contribution in [0.1, 0.15) is 30.5 Å². The van der Waals surface area contributed by atoms with Crippen molar-refractivity contribution in [1.82, 2.24) is 9.78 Å². The molecule has 1 atom stereocenters. The monoisotopic (exact) mass is 329 g/mol. The van der Waals surface area contributed by atoms with Crippen LogP contribution in [-0.4, -0.2) is 33.0 Å². The first-order valence-electron chi connectivity index (χ1n) is 8.25. The fourth-order valence-corrected chi connectivity index (χ4v) is 2.78. The van der Waals surface area contributed by atoms with Gasteiger partial charge in [-0.25, -0.2) is 0 Å². The zero-order chi connectivity index (χ0) is 17.1. The van der Waals surface area contributed by atoms with E-state index in [0.29, 0.717) is 19.1 Å². The minimum atomic E-state index is -0.984. The van der Waals surface area contributed by atoms with Crippen molar-refractivity contribution in [1.29, 1.82) is 0 Å². The lowest BCUT2D eigenvalue weighted by Crippen LogP contribution is -2.32. The van der Waals surface area contributed by atoms with E-state index >= 15 is 0 Å². The molecule has 1 aromatic heterocycles. The summed E-state index contributed by atoms with van der Waals surface area (Å²) in [7, 11) is 1.90. The van der Waals surface area contributed by atoms with Gasteiger partial charge in [-0.3, -0.25) is 9.48 Å². The van der Waals surface area contributed by atoms with Crippen molar-refractivity contribution in [3.8, 4) is 11.1 Å². The average molecular weight is 329 g/mol. The van der Waals surface area contributed by atoms with Crippen molar-refractivity contribution < 1.29 is 14.6 Å². The van der Waals surface area contributed by atoms with Crippen molar-refractivity contribution in [2.24, 2.45) is 12.8 Å². The molecule has 0 bridgehead atoms. The molecule has 2 aromatic rings. The first-order valence-corrected chi connectivity index (χ1v) is 8.25. The molecule has 0 radical (unpaired) electrons. The van der Waals surface area contributed by atoms with Crippen molar-refractivity contribution in [2.75, 3.05) is 0 Å². The highest BCUT2D eigenvalue weighted by atomic mass is 16.5. The van der Waals surface area contributed by atoms with Crippen LogP contribution in [-0.2, 0) is 29.6 Å². The quantitative estimate of drug-likeness (QED) is 0.812. The Kier molecular flexibility index (Phi) is 4.97. The van der Waals surface area contributed by atoms with Crippen LogP contribution in [0, 0.1) is 0 Å². The number of aliphatic carboxylic acids is 1. The third-order valence-corrected chi connectivity index (χ3v) is 4.45. The molecule has 3 N–H and O–H groups in total. The Bertz CT molecular complexity index is 705. The molecular weight excluding hydrogens is 306 g/mol. The van der Waals surface area contributed by atoms with Gasteiger partial charge in [-0.2, -0.15) is 5.10 Å². The van der Waals surface area contributed by atoms with Crippen molar-refractivity contribution in [3.05, 3.63) is 41.7 Å². The molecule has 0 spiro atoms. The molecule has 0 amide bonds. The fraction of sp³-hybridized carbons (Fsp3) is 0.444. The molecule has 0 aliphatic heterocycles. The number of carbonyl (C=O) groups is 1. The van der Waals surface area contributed by atoms with E-state index in [1.54, 1.807) is 4.68 Å². The van der Waals surface area contributed by atoms with Gasteiger partial charge < -0.3 is 15.6 Å². The van der Waals surface area contributed by atoms with E-state index in [0.717, 1.165) is 35.2 Å². The molecule has 128 valence electrons. The summed E-state index contributed by atoms with van der Waals surface area (Å²) in [5.41, 5.74) is 9.51. The van der Waals surface area contributed by atoms with Crippen LogP contribution < -0.4 is 5.73 Å². The van der Waals surface area contributed by atoms with Crippen molar-refractivity contribution >= 4 is 5.97 Å². The first kappa shape index (κ1) is 16.7. The summed E-state index contributed by atoms with van der Waals surface area (Å²) in [5.74, 6) is -0.984. The Morgan fingerprint density at radius 2 is 2.12 bits per heavy atom. The summed E-state index contributed by atoms with van der Waals surface area (Å²) >= 11 is 0. The van der Waals surface area contributed by atoms with E-state index in [9.17, 15) is 4.79 Å². The highest BCUT2D eigenvalue weighted by Gasteiger charge is 2.19. The van der Waals surface area contributed by atoms with Gasteiger partial charge in [0.25, 0.3) is 0 Å². The maximum atomic E-state index is 10.8. The summed E-state index contributed by atoms with van der Waals surface area (Å²) in [6.45, 7) is 0.520. The van der Waals surface area contributed by atoms with Crippen molar-refractivity contribution in [2.45, 2.75) is 44.4 Å². The summed E-state index contributed by atoms with van der Waals surface area (Å²) in [4.78, 5) is 10.8. The summed E-state index contributed by atoms with van der Waals surface area (Å²) < 4.78 is 7.68.